The molecule has 0 amide bonds. The van der Waals surface area contributed by atoms with Crippen LogP contribution in [0.1, 0.15) is 66.5 Å². The van der Waals surface area contributed by atoms with Crippen LogP contribution in [0.3, 0.4) is 0 Å². The summed E-state index contributed by atoms with van der Waals surface area (Å²) in [6.07, 6.45) is -0.102. The van der Waals surface area contributed by atoms with E-state index in [1.807, 2.05) is 13.8 Å². The summed E-state index contributed by atoms with van der Waals surface area (Å²) in [5.41, 5.74) is 18.0. The summed E-state index contributed by atoms with van der Waals surface area (Å²) in [6, 6.07) is 56.1. The number of epoxide rings is 2. The van der Waals surface area contributed by atoms with E-state index in [9.17, 15) is 0 Å². The lowest BCUT2D eigenvalue weighted by molar-refractivity contribution is 0.178. The van der Waals surface area contributed by atoms with E-state index in [4.69, 9.17) is 18.9 Å². The molecule has 2 fully saturated rings. The van der Waals surface area contributed by atoms with E-state index in [2.05, 4.69) is 203 Å². The van der Waals surface area contributed by atoms with Crippen LogP contribution in [0.4, 0.5) is 34.1 Å². The van der Waals surface area contributed by atoms with Gasteiger partial charge in [0.05, 0.1) is 0 Å². The first kappa shape index (κ1) is 39.6. The Labute approximate surface area is 372 Å². The van der Waals surface area contributed by atoms with Crippen molar-refractivity contribution in [1.29, 1.82) is 0 Å². The molecular weight excluding hydrogens is 775 g/mol. The van der Waals surface area contributed by atoms with Crippen molar-refractivity contribution in [1.82, 2.24) is 0 Å². The molecule has 0 bridgehead atoms. The van der Waals surface area contributed by atoms with E-state index in [1.165, 1.54) is 50.3 Å². The molecule has 7 aromatic carbocycles. The third kappa shape index (κ3) is 7.17. The number of hydrogen-bond acceptors (Lipinski definition) is 6. The maximum atomic E-state index is 6.10. The van der Waals surface area contributed by atoms with Gasteiger partial charge < -0.3 is 28.7 Å². The van der Waals surface area contributed by atoms with E-state index in [-0.39, 0.29) is 42.3 Å². The van der Waals surface area contributed by atoms with Gasteiger partial charge >= 0.3 is 0 Å². The summed E-state index contributed by atoms with van der Waals surface area (Å²) >= 11 is 0. The number of anilines is 6. The molecule has 0 spiro atoms. The topological polar surface area (TPSA) is 50.0 Å². The second kappa shape index (κ2) is 14.7. The zero-order valence-electron chi connectivity index (χ0n) is 37.3. The standard InChI is InChI=1S/C56H53BN2O4/c1-34-53(60-34)62-44-26-13-36(14-27-44)38-17-30-49-47(31-38)57-46-11-9-10-12-48(46)58(42-22-18-40(19-23-42)55(3,4)5)50-32-39(37-15-28-45(29-16-37)63-54-35(2)61-54)33-51(52(50)57)59(49)43-24-20-41(21-25-43)56(6,7)8/h9-35,53-54H,1-8H3. The van der Waals surface area contributed by atoms with Crippen LogP contribution in [-0.2, 0) is 20.3 Å². The van der Waals surface area contributed by atoms with Crippen molar-refractivity contribution in [3.8, 4) is 33.8 Å². The smallest absolute Gasteiger partial charge is 0.252 e. The maximum Gasteiger partial charge on any atom is 0.252 e. The van der Waals surface area contributed by atoms with Gasteiger partial charge in [-0.2, -0.15) is 0 Å². The Morgan fingerprint density at radius 1 is 0.444 bits per heavy atom. The first-order chi connectivity index (χ1) is 30.3. The van der Waals surface area contributed by atoms with Gasteiger partial charge in [-0.25, -0.2) is 0 Å². The van der Waals surface area contributed by atoms with Crippen molar-refractivity contribution < 1.29 is 18.9 Å². The van der Waals surface area contributed by atoms with Crippen LogP contribution >= 0.6 is 0 Å². The minimum atomic E-state index is -0.183. The molecule has 0 saturated carbocycles. The Kier molecular flexibility index (Phi) is 9.20. The van der Waals surface area contributed by atoms with Crippen LogP contribution in [0.15, 0.2) is 152 Å². The number of fused-ring (bicyclic) bond motifs is 4. The molecule has 2 saturated heterocycles. The SMILES string of the molecule is CC1OC1Oc1ccc(-c2ccc3c(c2)B2c4ccccc4N(c4ccc(C(C)(C)C)cc4)c4cc(-c5ccc(OC6OC6C)cc5)cc(c42)N3c2ccc(C(C)(C)C)cc2)cc1. The second-order valence-corrected chi connectivity index (χ2v) is 19.7. The number of ether oxygens (including phenoxy) is 4. The predicted octanol–water partition coefficient (Wildman–Crippen LogP) is 11.9. The maximum absolute atomic E-state index is 6.10. The number of para-hydroxylation sites is 1. The van der Waals surface area contributed by atoms with Crippen molar-refractivity contribution in [3.63, 3.8) is 0 Å². The van der Waals surface area contributed by atoms with Crippen molar-refractivity contribution in [2.75, 3.05) is 9.80 Å². The van der Waals surface area contributed by atoms with Gasteiger partial charge in [0.2, 0.25) is 12.6 Å². The molecule has 4 heterocycles. The third-order valence-electron chi connectivity index (χ3n) is 13.1. The van der Waals surface area contributed by atoms with E-state index >= 15 is 0 Å². The molecule has 4 aliphatic heterocycles. The quantitative estimate of drug-likeness (QED) is 0.112. The van der Waals surface area contributed by atoms with Crippen LogP contribution < -0.4 is 35.7 Å². The molecule has 63 heavy (non-hydrogen) atoms. The Morgan fingerprint density at radius 3 is 1.33 bits per heavy atom. The zero-order chi connectivity index (χ0) is 43.4. The molecule has 7 aromatic rings. The highest BCUT2D eigenvalue weighted by Crippen LogP contribution is 2.47. The van der Waals surface area contributed by atoms with Gasteiger partial charge in [0.1, 0.15) is 23.7 Å². The highest BCUT2D eigenvalue weighted by atomic mass is 16.8. The summed E-state index contributed by atoms with van der Waals surface area (Å²) in [7, 11) is 0. The van der Waals surface area contributed by atoms with Crippen molar-refractivity contribution in [2.45, 2.75) is 91.0 Å². The minimum absolute atomic E-state index is 0.0221. The number of nitrogens with zero attached hydrogens (tertiary/aromatic N) is 2. The van der Waals surface area contributed by atoms with Crippen molar-refractivity contribution >= 4 is 57.2 Å². The van der Waals surface area contributed by atoms with Crippen LogP contribution in [0, 0.1) is 0 Å². The molecule has 4 atom stereocenters. The molecule has 7 heteroatoms. The summed E-state index contributed by atoms with van der Waals surface area (Å²) < 4.78 is 23.2. The lowest BCUT2D eigenvalue weighted by Gasteiger charge is -2.44. The van der Waals surface area contributed by atoms with E-state index in [0.29, 0.717) is 0 Å². The normalized spacial score (nSPS) is 19.5. The summed E-state index contributed by atoms with van der Waals surface area (Å²) in [5.74, 6) is 1.62. The number of benzene rings is 7. The van der Waals surface area contributed by atoms with Gasteiger partial charge in [0, 0.05) is 34.1 Å². The molecule has 314 valence electrons. The molecule has 0 radical (unpaired) electrons. The lowest BCUT2D eigenvalue weighted by Crippen LogP contribution is -2.61. The molecule has 0 aliphatic carbocycles. The number of rotatable bonds is 8. The van der Waals surface area contributed by atoms with Gasteiger partial charge in [0.25, 0.3) is 6.71 Å². The van der Waals surface area contributed by atoms with Gasteiger partial charge in [-0.15, -0.1) is 0 Å². The van der Waals surface area contributed by atoms with Gasteiger partial charge in [0.15, 0.2) is 0 Å². The van der Waals surface area contributed by atoms with E-state index in [1.54, 1.807) is 0 Å². The Bertz CT molecular complexity index is 2840. The second-order valence-electron chi connectivity index (χ2n) is 19.7. The average Bonchev–Trinajstić information content (AvgIpc) is 4.19. The minimum Gasteiger partial charge on any atom is -0.462 e. The highest BCUT2D eigenvalue weighted by molar-refractivity contribution is 7.00. The third-order valence-corrected chi connectivity index (χ3v) is 13.1. The molecule has 4 aliphatic rings. The molecule has 4 unspecified atom stereocenters. The van der Waals surface area contributed by atoms with E-state index in [0.717, 1.165) is 45.1 Å². The first-order valence-corrected chi connectivity index (χ1v) is 22.4. The van der Waals surface area contributed by atoms with Crippen LogP contribution in [0.2, 0.25) is 0 Å². The lowest BCUT2D eigenvalue weighted by atomic mass is 9.33. The predicted molar refractivity (Wildman–Crippen MR) is 259 cm³/mol. The van der Waals surface area contributed by atoms with Gasteiger partial charge in [-0.1, -0.05) is 120 Å². The van der Waals surface area contributed by atoms with Crippen LogP contribution in [0.5, 0.6) is 11.5 Å². The Morgan fingerprint density at radius 2 is 0.873 bits per heavy atom. The fourth-order valence-electron chi connectivity index (χ4n) is 9.37. The first-order valence-electron chi connectivity index (χ1n) is 22.4. The Balaban J connectivity index is 1.13. The molecular formula is C56H53BN2O4. The fraction of sp³-hybridized carbons (Fsp3) is 0.250. The van der Waals surface area contributed by atoms with Crippen LogP contribution in [0.25, 0.3) is 22.3 Å². The zero-order valence-corrected chi connectivity index (χ0v) is 37.3. The monoisotopic (exact) mass is 828 g/mol. The van der Waals surface area contributed by atoms with E-state index < -0.39 is 0 Å². The molecule has 11 rings (SSSR count). The average molecular weight is 829 g/mol. The molecule has 0 N–H and O–H groups in total. The van der Waals surface area contributed by atoms with Gasteiger partial charge in [-0.3, -0.25) is 0 Å². The summed E-state index contributed by atoms with van der Waals surface area (Å²) in [5, 5.41) is 0. The summed E-state index contributed by atoms with van der Waals surface area (Å²) in [4.78, 5) is 4.99. The molecule has 0 aromatic heterocycles. The van der Waals surface area contributed by atoms with Crippen molar-refractivity contribution in [3.05, 3.63) is 163 Å². The molecule has 6 nitrogen and oxygen atoms in total. The van der Waals surface area contributed by atoms with Gasteiger partial charge in [-0.05, 0) is 147 Å². The highest BCUT2D eigenvalue weighted by Gasteiger charge is 2.44. The fourth-order valence-corrected chi connectivity index (χ4v) is 9.37. The largest absolute Gasteiger partial charge is 0.462 e. The van der Waals surface area contributed by atoms with Crippen molar-refractivity contribution in [2.24, 2.45) is 0 Å². The van der Waals surface area contributed by atoms with Crippen LogP contribution in [-0.4, -0.2) is 31.5 Å². The number of hydrogen-bond donors (Lipinski definition) is 0. The Hall–Kier alpha value is -6.28. The summed E-state index contributed by atoms with van der Waals surface area (Å²) in [6.45, 7) is 17.7.